The Morgan fingerprint density at radius 2 is 1.50 bits per heavy atom. The minimum Gasteiger partial charge on any atom is -0.478 e. The maximum atomic E-state index is 14.8. The van der Waals surface area contributed by atoms with Crippen LogP contribution in [0.25, 0.3) is 22.0 Å². The molecule has 5 aliphatic rings. The Hall–Kier alpha value is -4.12. The SMILES string of the molecule is CC1(C)CC[C@]2(C(=O)Nc3ccc(-c4ccccc4)cc3)CC[C@]3(C)C(=CC[C@@H]4[C@@]5(C)Cc6c([nH]c7ccc(C(=O)O)cc67)C(C)(C)[C@@H]5CC[C@]43C)[C@@H]2C1. The number of aromatic nitrogens is 1. The molecule has 1 heterocycles. The van der Waals surface area contributed by atoms with E-state index < -0.39 is 11.4 Å². The van der Waals surface area contributed by atoms with E-state index in [0.717, 1.165) is 67.1 Å². The average Bonchev–Trinajstić information content (AvgIpc) is 3.50. The van der Waals surface area contributed by atoms with E-state index in [-0.39, 0.29) is 38.9 Å². The summed E-state index contributed by atoms with van der Waals surface area (Å²) >= 11 is 0. The van der Waals surface area contributed by atoms with E-state index in [0.29, 0.717) is 17.4 Å². The second-order valence-corrected chi connectivity index (χ2v) is 20.2. The first-order valence-corrected chi connectivity index (χ1v) is 20.6. The van der Waals surface area contributed by atoms with Gasteiger partial charge >= 0.3 is 5.97 Å². The first kappa shape index (κ1) is 35.6. The number of carbonyl (C=O) groups is 2. The van der Waals surface area contributed by atoms with Gasteiger partial charge in [0.05, 0.1) is 11.0 Å². The summed E-state index contributed by atoms with van der Waals surface area (Å²) in [5, 5.41) is 14.4. The monoisotopic (exact) mass is 722 g/mol. The molecular weight excluding hydrogens is 665 g/mol. The smallest absolute Gasteiger partial charge is 0.335 e. The zero-order valence-electron chi connectivity index (χ0n) is 33.4. The van der Waals surface area contributed by atoms with Crippen LogP contribution in [0.2, 0.25) is 0 Å². The quantitative estimate of drug-likeness (QED) is 0.183. The molecule has 3 saturated carbocycles. The van der Waals surface area contributed by atoms with Gasteiger partial charge < -0.3 is 15.4 Å². The summed E-state index contributed by atoms with van der Waals surface area (Å²) in [7, 11) is 0. The molecule has 1 amide bonds. The highest BCUT2D eigenvalue weighted by atomic mass is 16.4. The van der Waals surface area contributed by atoms with E-state index in [4.69, 9.17) is 0 Å². The molecule has 7 atom stereocenters. The number of H-pyrrole nitrogens is 1. The van der Waals surface area contributed by atoms with Crippen molar-refractivity contribution in [3.05, 3.63) is 101 Å². The highest BCUT2D eigenvalue weighted by Crippen LogP contribution is 2.75. The molecule has 1 aromatic heterocycles. The third-order valence-electron chi connectivity index (χ3n) is 16.8. The second-order valence-electron chi connectivity index (χ2n) is 20.2. The van der Waals surface area contributed by atoms with Crippen LogP contribution in [0.5, 0.6) is 0 Å². The van der Waals surface area contributed by atoms with Crippen molar-refractivity contribution in [3.63, 3.8) is 0 Å². The first-order chi connectivity index (χ1) is 25.5. The summed E-state index contributed by atoms with van der Waals surface area (Å²) in [5.41, 5.74) is 8.68. The second kappa shape index (κ2) is 11.7. The number of fused-ring (bicyclic) bond motifs is 10. The minimum atomic E-state index is -0.872. The number of amides is 1. The highest BCUT2D eigenvalue weighted by Gasteiger charge is 2.69. The van der Waals surface area contributed by atoms with E-state index in [9.17, 15) is 14.7 Å². The third-order valence-corrected chi connectivity index (χ3v) is 16.8. The summed E-state index contributed by atoms with van der Waals surface area (Å²) in [6, 6.07) is 24.4. The Morgan fingerprint density at radius 3 is 2.22 bits per heavy atom. The van der Waals surface area contributed by atoms with Crippen molar-refractivity contribution >= 4 is 28.5 Å². The van der Waals surface area contributed by atoms with E-state index >= 15 is 0 Å². The number of rotatable bonds is 4. The first-order valence-electron chi connectivity index (χ1n) is 20.6. The van der Waals surface area contributed by atoms with Crippen molar-refractivity contribution < 1.29 is 14.7 Å². The van der Waals surface area contributed by atoms with Crippen LogP contribution in [-0.2, 0) is 16.6 Å². The van der Waals surface area contributed by atoms with Crippen molar-refractivity contribution in [2.45, 2.75) is 112 Å². The Labute approximate surface area is 321 Å². The van der Waals surface area contributed by atoms with Crippen LogP contribution in [0.4, 0.5) is 5.69 Å². The van der Waals surface area contributed by atoms with Crippen LogP contribution in [0.1, 0.15) is 121 Å². The Kier molecular flexibility index (Phi) is 7.71. The maximum Gasteiger partial charge on any atom is 0.335 e. The lowest BCUT2D eigenvalue weighted by atomic mass is 9.33. The fraction of sp³-hybridized carbons (Fsp3) is 0.510. The molecule has 3 aromatic carbocycles. The normalized spacial score (nSPS) is 34.6. The average molecular weight is 723 g/mol. The van der Waals surface area contributed by atoms with Gasteiger partial charge in [0.25, 0.3) is 0 Å². The number of carboxylic acids is 1. The lowest BCUT2D eigenvalue weighted by molar-refractivity contribution is -0.165. The Morgan fingerprint density at radius 1 is 0.796 bits per heavy atom. The fourth-order valence-corrected chi connectivity index (χ4v) is 13.7. The molecule has 3 fully saturated rings. The van der Waals surface area contributed by atoms with E-state index in [1.54, 1.807) is 11.6 Å². The van der Waals surface area contributed by atoms with Crippen LogP contribution in [-0.4, -0.2) is 22.0 Å². The summed E-state index contributed by atoms with van der Waals surface area (Å²) in [6.45, 7) is 17.5. The van der Waals surface area contributed by atoms with Crippen LogP contribution < -0.4 is 5.32 Å². The van der Waals surface area contributed by atoms with Crippen LogP contribution in [0.15, 0.2) is 84.4 Å². The Bertz CT molecular complexity index is 2210. The number of aromatic carboxylic acids is 1. The number of allylic oxidation sites excluding steroid dienone is 2. The van der Waals surface area contributed by atoms with Crippen molar-refractivity contribution in [3.8, 4) is 11.1 Å². The molecule has 9 rings (SSSR count). The number of carboxylic acid groups (broad SMARTS) is 1. The van der Waals surface area contributed by atoms with Gasteiger partial charge in [0.15, 0.2) is 0 Å². The van der Waals surface area contributed by atoms with Gasteiger partial charge in [-0.2, -0.15) is 0 Å². The minimum absolute atomic E-state index is 0.00417. The van der Waals surface area contributed by atoms with Crippen molar-refractivity contribution in [1.82, 2.24) is 4.98 Å². The summed E-state index contributed by atoms with van der Waals surface area (Å²) in [5.74, 6) is 0.561. The van der Waals surface area contributed by atoms with E-state index in [2.05, 4.69) is 113 Å². The molecule has 5 nitrogen and oxygen atoms in total. The molecule has 5 heteroatoms. The van der Waals surface area contributed by atoms with Gasteiger partial charge in [0.2, 0.25) is 5.91 Å². The third kappa shape index (κ3) is 4.88. The molecule has 0 unspecified atom stereocenters. The number of carbonyl (C=O) groups excluding carboxylic acids is 1. The fourth-order valence-electron chi connectivity index (χ4n) is 13.7. The summed E-state index contributed by atoms with van der Waals surface area (Å²) in [4.78, 5) is 30.7. The van der Waals surface area contributed by atoms with Crippen molar-refractivity contribution in [2.24, 2.45) is 44.8 Å². The molecule has 5 aliphatic carbocycles. The molecule has 0 bridgehead atoms. The molecule has 4 aromatic rings. The molecule has 0 radical (unpaired) electrons. The lowest BCUT2D eigenvalue weighted by Crippen LogP contribution is -2.65. The number of nitrogens with one attached hydrogen (secondary N) is 2. The molecule has 54 heavy (non-hydrogen) atoms. The summed E-state index contributed by atoms with van der Waals surface area (Å²) in [6.07, 6.45) is 12.0. The lowest BCUT2D eigenvalue weighted by Gasteiger charge is -2.70. The van der Waals surface area contributed by atoms with Gasteiger partial charge in [-0.1, -0.05) is 103 Å². The molecule has 0 aliphatic heterocycles. The molecule has 282 valence electrons. The molecular formula is C49H58N2O3. The topological polar surface area (TPSA) is 82.2 Å². The number of aromatic amines is 1. The van der Waals surface area contributed by atoms with Gasteiger partial charge in [-0.25, -0.2) is 4.79 Å². The highest BCUT2D eigenvalue weighted by molar-refractivity contribution is 5.97. The van der Waals surface area contributed by atoms with Crippen LogP contribution in [0, 0.1) is 44.8 Å². The maximum absolute atomic E-state index is 14.8. The van der Waals surface area contributed by atoms with E-state index in [1.165, 1.54) is 29.7 Å². The molecule has 0 saturated heterocycles. The van der Waals surface area contributed by atoms with Gasteiger partial charge in [0, 0.05) is 27.7 Å². The predicted octanol–water partition coefficient (Wildman–Crippen LogP) is 12.0. The number of anilines is 1. The summed E-state index contributed by atoms with van der Waals surface area (Å²) < 4.78 is 0. The van der Waals surface area contributed by atoms with E-state index in [1.807, 2.05) is 18.2 Å². The van der Waals surface area contributed by atoms with Gasteiger partial charge in [-0.05, 0) is 144 Å². The Balaban J connectivity index is 1.08. The zero-order chi connectivity index (χ0) is 38.1. The van der Waals surface area contributed by atoms with Gasteiger partial charge in [0.1, 0.15) is 0 Å². The largest absolute Gasteiger partial charge is 0.478 e. The predicted molar refractivity (Wildman–Crippen MR) is 219 cm³/mol. The van der Waals surface area contributed by atoms with Crippen molar-refractivity contribution in [2.75, 3.05) is 5.32 Å². The standard InChI is InChI=1S/C49H58N2O3/c1-44(2)23-25-49(43(54)50-33-16-13-31(14-17-33)30-11-9-8-10-12-30)26-24-47(6)36(37(49)29-44)18-20-40-46(5)28-35-34-27-32(42(52)53)15-19-38(34)51-41(35)45(3,4)39(46)21-22-48(40,47)7/h8-19,27,37,39-40,51H,20-26,28-29H2,1-7H3,(H,50,54)(H,52,53)/t37-,39-,40+,46-,47+,48+,49-/m0/s1. The van der Waals surface area contributed by atoms with Crippen LogP contribution in [0.3, 0.4) is 0 Å². The van der Waals surface area contributed by atoms with Gasteiger partial charge in [-0.15, -0.1) is 0 Å². The van der Waals surface area contributed by atoms with Crippen LogP contribution >= 0.6 is 0 Å². The molecule has 0 spiro atoms. The number of benzene rings is 3. The zero-order valence-corrected chi connectivity index (χ0v) is 33.4. The number of hydrogen-bond acceptors (Lipinski definition) is 2. The molecule has 3 N–H and O–H groups in total. The number of hydrogen-bond donors (Lipinski definition) is 3. The van der Waals surface area contributed by atoms with Gasteiger partial charge in [-0.3, -0.25) is 4.79 Å². The van der Waals surface area contributed by atoms with Crippen molar-refractivity contribution in [1.29, 1.82) is 0 Å².